The average Bonchev–Trinajstić information content (AvgIpc) is 3.17. The number of nitrogens with zero attached hydrogens (tertiary/aromatic N) is 7. The first-order valence-electron chi connectivity index (χ1n) is 9.23. The van der Waals surface area contributed by atoms with E-state index < -0.39 is 0 Å². The highest BCUT2D eigenvalue weighted by Gasteiger charge is 2.12. The molecule has 1 amide bonds. The van der Waals surface area contributed by atoms with Crippen LogP contribution in [0.5, 0.6) is 0 Å². The lowest BCUT2D eigenvalue weighted by atomic mass is 10.2. The van der Waals surface area contributed by atoms with Crippen LogP contribution in [0.3, 0.4) is 0 Å². The van der Waals surface area contributed by atoms with Crippen molar-refractivity contribution in [2.24, 2.45) is 7.05 Å². The Kier molecular flexibility index (Phi) is 5.65. The summed E-state index contributed by atoms with van der Waals surface area (Å²) in [5.41, 5.74) is 2.95. The third kappa shape index (κ3) is 4.43. The molecule has 0 radical (unpaired) electrons. The molecule has 0 aliphatic heterocycles. The molecule has 30 heavy (non-hydrogen) atoms. The second-order valence-corrected chi connectivity index (χ2v) is 6.46. The highest BCUT2D eigenvalue weighted by molar-refractivity contribution is 5.95. The summed E-state index contributed by atoms with van der Waals surface area (Å²) in [6, 6.07) is 10.9. The number of hydrogen-bond donors (Lipinski definition) is 2. The van der Waals surface area contributed by atoms with Crippen molar-refractivity contribution >= 4 is 11.6 Å². The summed E-state index contributed by atoms with van der Waals surface area (Å²) in [6.45, 7) is 0.832. The van der Waals surface area contributed by atoms with Crippen LogP contribution >= 0.6 is 0 Å². The van der Waals surface area contributed by atoms with Crippen molar-refractivity contribution in [1.82, 2.24) is 40.2 Å². The van der Waals surface area contributed by atoms with E-state index >= 15 is 0 Å². The number of nitrogens with one attached hydrogen (secondary N) is 2. The molecule has 3 aromatic heterocycles. The Balaban J connectivity index is 1.39. The van der Waals surface area contributed by atoms with E-state index in [2.05, 4.69) is 41.0 Å². The first-order chi connectivity index (χ1) is 14.7. The van der Waals surface area contributed by atoms with Gasteiger partial charge in [0.25, 0.3) is 5.91 Å². The average molecular weight is 401 g/mol. The maximum Gasteiger partial charge on any atom is 0.251 e. The maximum atomic E-state index is 12.4. The van der Waals surface area contributed by atoms with Gasteiger partial charge in [-0.05, 0) is 35.9 Å². The fourth-order valence-corrected chi connectivity index (χ4v) is 2.82. The molecule has 0 bridgehead atoms. The van der Waals surface area contributed by atoms with Crippen LogP contribution in [0.4, 0.5) is 5.69 Å². The molecule has 2 N–H and O–H groups in total. The van der Waals surface area contributed by atoms with Gasteiger partial charge in [0.1, 0.15) is 12.0 Å². The molecule has 4 aromatic rings. The Morgan fingerprint density at radius 1 is 1.07 bits per heavy atom. The van der Waals surface area contributed by atoms with Crippen molar-refractivity contribution in [3.8, 4) is 11.5 Å². The highest BCUT2D eigenvalue weighted by Crippen LogP contribution is 2.15. The first kappa shape index (κ1) is 19.1. The Labute approximate surface area is 172 Å². The molecule has 0 aliphatic rings. The quantitative estimate of drug-likeness (QED) is 0.479. The van der Waals surface area contributed by atoms with E-state index in [1.807, 2.05) is 29.8 Å². The monoisotopic (exact) mass is 401 g/mol. The van der Waals surface area contributed by atoms with Gasteiger partial charge in [0, 0.05) is 37.2 Å². The zero-order valence-electron chi connectivity index (χ0n) is 16.2. The second kappa shape index (κ2) is 8.86. The highest BCUT2D eigenvalue weighted by atomic mass is 16.1. The first-order valence-corrected chi connectivity index (χ1v) is 9.23. The molecule has 1 aromatic carbocycles. The molecule has 0 aliphatic carbocycles. The van der Waals surface area contributed by atoms with Crippen LogP contribution in [-0.4, -0.2) is 40.8 Å². The van der Waals surface area contributed by atoms with Crippen LogP contribution in [0.1, 0.15) is 21.7 Å². The van der Waals surface area contributed by atoms with Crippen molar-refractivity contribution in [2.45, 2.75) is 13.1 Å². The Bertz CT molecular complexity index is 1130. The van der Waals surface area contributed by atoms with Crippen molar-refractivity contribution in [3.63, 3.8) is 0 Å². The predicted octanol–water partition coefficient (Wildman–Crippen LogP) is 1.60. The van der Waals surface area contributed by atoms with Gasteiger partial charge in [-0.1, -0.05) is 6.07 Å². The third-order valence-electron chi connectivity index (χ3n) is 4.45. The van der Waals surface area contributed by atoms with Gasteiger partial charge in [-0.2, -0.15) is 10.2 Å². The summed E-state index contributed by atoms with van der Waals surface area (Å²) in [5, 5.41) is 22.1. The van der Waals surface area contributed by atoms with Crippen molar-refractivity contribution in [3.05, 3.63) is 78.3 Å². The summed E-state index contributed by atoms with van der Waals surface area (Å²) in [5.74, 6) is 1.23. The normalized spacial score (nSPS) is 10.6. The van der Waals surface area contributed by atoms with E-state index in [0.717, 1.165) is 17.1 Å². The number of rotatable bonds is 7. The topological polar surface area (TPSA) is 123 Å². The molecule has 0 spiro atoms. The Hall–Kier alpha value is -4.21. The van der Waals surface area contributed by atoms with E-state index in [0.29, 0.717) is 30.2 Å². The molecule has 0 saturated carbocycles. The van der Waals surface area contributed by atoms with Gasteiger partial charge in [0.15, 0.2) is 11.6 Å². The van der Waals surface area contributed by atoms with Crippen LogP contribution in [0.15, 0.2) is 61.3 Å². The van der Waals surface area contributed by atoms with Crippen molar-refractivity contribution in [2.75, 3.05) is 5.32 Å². The molecule has 0 saturated heterocycles. The largest absolute Gasteiger partial charge is 0.378 e. The lowest BCUT2D eigenvalue weighted by Crippen LogP contribution is -2.23. The number of benzene rings is 1. The minimum Gasteiger partial charge on any atom is -0.378 e. The minimum atomic E-state index is -0.167. The summed E-state index contributed by atoms with van der Waals surface area (Å²) >= 11 is 0. The molecule has 0 fully saturated rings. The summed E-state index contributed by atoms with van der Waals surface area (Å²) < 4.78 is 1.87. The number of carbonyl (C=O) groups is 1. The molecule has 10 nitrogen and oxygen atoms in total. The molecule has 0 unspecified atom stereocenters. The minimum absolute atomic E-state index is 0.167. The Morgan fingerprint density at radius 3 is 2.80 bits per heavy atom. The number of anilines is 1. The zero-order chi connectivity index (χ0) is 20.8. The van der Waals surface area contributed by atoms with Crippen LogP contribution in [0, 0.1) is 0 Å². The van der Waals surface area contributed by atoms with Gasteiger partial charge in [-0.15, -0.1) is 10.2 Å². The molecule has 150 valence electrons. The molecular formula is C20H19N9O. The number of amides is 1. The van der Waals surface area contributed by atoms with Crippen LogP contribution in [0.2, 0.25) is 0 Å². The van der Waals surface area contributed by atoms with Gasteiger partial charge >= 0.3 is 0 Å². The molecule has 10 heteroatoms. The van der Waals surface area contributed by atoms with E-state index in [9.17, 15) is 4.79 Å². The van der Waals surface area contributed by atoms with Gasteiger partial charge in [0.05, 0.1) is 12.7 Å². The second-order valence-electron chi connectivity index (χ2n) is 6.46. The summed E-state index contributed by atoms with van der Waals surface area (Å²) in [4.78, 5) is 20.6. The van der Waals surface area contributed by atoms with E-state index in [4.69, 9.17) is 0 Å². The molecular weight excluding hydrogens is 382 g/mol. The zero-order valence-corrected chi connectivity index (χ0v) is 16.2. The predicted molar refractivity (Wildman–Crippen MR) is 109 cm³/mol. The van der Waals surface area contributed by atoms with E-state index in [1.165, 1.54) is 6.33 Å². The number of carbonyl (C=O) groups excluding carboxylic acids is 1. The van der Waals surface area contributed by atoms with E-state index in [-0.39, 0.29) is 5.91 Å². The molecule has 0 atom stereocenters. The van der Waals surface area contributed by atoms with Gasteiger partial charge in [0.2, 0.25) is 0 Å². The number of aromatic nitrogens is 7. The third-order valence-corrected chi connectivity index (χ3v) is 4.45. The van der Waals surface area contributed by atoms with Crippen LogP contribution < -0.4 is 10.6 Å². The lowest BCUT2D eigenvalue weighted by molar-refractivity contribution is 0.0951. The van der Waals surface area contributed by atoms with Gasteiger partial charge in [-0.25, -0.2) is 9.97 Å². The van der Waals surface area contributed by atoms with Crippen LogP contribution in [0.25, 0.3) is 11.5 Å². The van der Waals surface area contributed by atoms with Gasteiger partial charge in [-0.3, -0.25) is 4.79 Å². The van der Waals surface area contributed by atoms with Crippen LogP contribution in [-0.2, 0) is 20.1 Å². The fraction of sp³-hybridized carbons (Fsp3) is 0.150. The Morgan fingerprint density at radius 2 is 2.00 bits per heavy atom. The van der Waals surface area contributed by atoms with Crippen molar-refractivity contribution < 1.29 is 4.79 Å². The standard InChI is InChI=1S/C20H19N9O/c1-29-18(27-28-19(29)17-6-7-21-13-24-17)12-22-16-4-2-3-15(9-16)20(30)23-10-14-5-8-25-26-11-14/h2-9,11,13,22H,10,12H2,1H3,(H,23,30). The molecule has 3 heterocycles. The SMILES string of the molecule is Cn1c(CNc2cccc(C(=O)NCc3ccnnc3)c2)nnc1-c1ccncn1. The molecule has 4 rings (SSSR count). The van der Waals surface area contributed by atoms with Gasteiger partial charge < -0.3 is 15.2 Å². The van der Waals surface area contributed by atoms with Crippen molar-refractivity contribution in [1.29, 1.82) is 0 Å². The van der Waals surface area contributed by atoms with E-state index in [1.54, 1.807) is 36.8 Å². The lowest BCUT2D eigenvalue weighted by Gasteiger charge is -2.09. The fourth-order valence-electron chi connectivity index (χ4n) is 2.82. The summed E-state index contributed by atoms with van der Waals surface area (Å²) in [7, 11) is 1.88. The number of hydrogen-bond acceptors (Lipinski definition) is 8. The maximum absolute atomic E-state index is 12.4. The smallest absolute Gasteiger partial charge is 0.251 e. The summed E-state index contributed by atoms with van der Waals surface area (Å²) in [6.07, 6.45) is 6.35.